The van der Waals surface area contributed by atoms with Crippen LogP contribution in [0.3, 0.4) is 0 Å². The molecular weight excluding hydrogens is 973 g/mol. The van der Waals surface area contributed by atoms with E-state index >= 15 is 0 Å². The third-order valence-electron chi connectivity index (χ3n) is 8.34. The van der Waals surface area contributed by atoms with Crippen LogP contribution in [-0.4, -0.2) is 88.3 Å². The summed E-state index contributed by atoms with van der Waals surface area (Å²) in [5, 5.41) is 9.43. The molecule has 0 bridgehead atoms. The zero-order valence-corrected chi connectivity index (χ0v) is 36.4. The number of rotatable bonds is 20. The Labute approximate surface area is 363 Å². The highest BCUT2D eigenvalue weighted by Crippen LogP contribution is 2.39. The van der Waals surface area contributed by atoms with Crippen LogP contribution < -0.4 is 30.2 Å². The Bertz CT molecular complexity index is 2300. The summed E-state index contributed by atoms with van der Waals surface area (Å²) in [5.74, 6) is 0.913. The summed E-state index contributed by atoms with van der Waals surface area (Å²) in [6.45, 7) is 2.38. The number of carbonyl (C=O) groups is 2. The maximum Gasteiger partial charge on any atom is 0.258 e. The maximum absolute atomic E-state index is 13.6. The van der Waals surface area contributed by atoms with Crippen LogP contribution in [-0.2, 0) is 23.8 Å². The van der Waals surface area contributed by atoms with E-state index in [1.807, 2.05) is 30.3 Å². The molecule has 2 heterocycles. The first-order valence-electron chi connectivity index (χ1n) is 17.7. The normalized spacial score (nSPS) is 12.7. The van der Waals surface area contributed by atoms with Crippen molar-refractivity contribution >= 4 is 111 Å². The summed E-state index contributed by atoms with van der Waals surface area (Å²) >= 11 is 16.4. The molecule has 4 aromatic carbocycles. The molecule has 6 rings (SSSR count). The average molecular weight is 1010 g/mol. The molecule has 0 radical (unpaired) electrons. The van der Waals surface area contributed by atoms with Gasteiger partial charge in [0.1, 0.15) is 30.3 Å². The van der Waals surface area contributed by atoms with Crippen molar-refractivity contribution in [1.29, 1.82) is 0 Å². The van der Waals surface area contributed by atoms with Crippen LogP contribution in [0, 0.1) is 5.82 Å². The number of nitrogens with one attached hydrogen (secondary N) is 3. The van der Waals surface area contributed by atoms with Gasteiger partial charge in [-0.25, -0.2) is 14.4 Å². The van der Waals surface area contributed by atoms with Gasteiger partial charge in [-0.15, -0.1) is 0 Å². The van der Waals surface area contributed by atoms with Crippen LogP contribution in [0.5, 0.6) is 17.2 Å². The zero-order chi connectivity index (χ0) is 41.0. The molecule has 304 valence electrons. The molecule has 0 atom stereocenters. The van der Waals surface area contributed by atoms with Gasteiger partial charge in [0.25, 0.3) is 11.8 Å². The predicted molar refractivity (Wildman–Crippen MR) is 230 cm³/mol. The van der Waals surface area contributed by atoms with E-state index in [0.717, 1.165) is 21.3 Å². The second-order valence-electron chi connectivity index (χ2n) is 12.3. The number of aromatic nitrogens is 2. The fourth-order valence-corrected chi connectivity index (χ4v) is 7.61. The molecule has 0 saturated carbocycles. The maximum atomic E-state index is 13.6. The summed E-state index contributed by atoms with van der Waals surface area (Å²) in [4.78, 5) is 33.6. The average Bonchev–Trinajstić information content (AvgIpc) is 3.50. The van der Waals surface area contributed by atoms with Gasteiger partial charge in [-0.2, -0.15) is 0 Å². The molecule has 0 unspecified atom stereocenters. The first-order valence-corrected chi connectivity index (χ1v) is 20.5. The molecule has 58 heavy (non-hydrogen) atoms. The number of hydrogen-bond donors (Lipinski definition) is 3. The summed E-state index contributed by atoms with van der Waals surface area (Å²) < 4.78 is 49.7. The SMILES string of the molecule is COc1cc2ncnc(Nc3ccc(F)c(Cl)c3)c2cc1OCCOCCOCCOCCNC(=O)COc1c(Br)cc(/C=C2\C(=O)Nc3ccc(Br)cc32)cc1Br. The predicted octanol–water partition coefficient (Wildman–Crippen LogP) is 8.58. The van der Waals surface area contributed by atoms with Crippen molar-refractivity contribution in [2.24, 2.45) is 0 Å². The molecule has 3 N–H and O–H groups in total. The van der Waals surface area contributed by atoms with E-state index < -0.39 is 5.82 Å². The summed E-state index contributed by atoms with van der Waals surface area (Å²) in [7, 11) is 1.54. The van der Waals surface area contributed by atoms with Crippen molar-refractivity contribution in [2.75, 3.05) is 77.1 Å². The van der Waals surface area contributed by atoms with Crippen molar-refractivity contribution < 1.29 is 42.4 Å². The quantitative estimate of drug-likeness (QED) is 0.0508. The summed E-state index contributed by atoms with van der Waals surface area (Å²) in [6.07, 6.45) is 3.21. The smallest absolute Gasteiger partial charge is 0.258 e. The number of halogens is 5. The molecule has 5 aromatic rings. The zero-order valence-electron chi connectivity index (χ0n) is 30.8. The number of methoxy groups -OCH3 is 1. The Kier molecular flexibility index (Phi) is 15.7. The molecule has 0 spiro atoms. The third-order valence-corrected chi connectivity index (χ3v) is 10.3. The monoisotopic (exact) mass is 1000 g/mol. The van der Waals surface area contributed by atoms with Crippen LogP contribution in [0.4, 0.5) is 21.6 Å². The molecule has 0 aliphatic carbocycles. The largest absolute Gasteiger partial charge is 0.493 e. The minimum atomic E-state index is -0.515. The Hall–Kier alpha value is -4.36. The van der Waals surface area contributed by atoms with Gasteiger partial charge in [0.15, 0.2) is 18.1 Å². The van der Waals surface area contributed by atoms with Gasteiger partial charge in [0, 0.05) is 45.0 Å². The van der Waals surface area contributed by atoms with Crippen molar-refractivity contribution in [3.05, 3.63) is 102 Å². The van der Waals surface area contributed by atoms with Crippen LogP contribution in [0.2, 0.25) is 5.02 Å². The molecule has 2 amide bonds. The van der Waals surface area contributed by atoms with E-state index in [0.29, 0.717) is 100 Å². The molecular formula is C40H36Br3ClFN5O8. The van der Waals surface area contributed by atoms with Gasteiger partial charge >= 0.3 is 0 Å². The molecule has 0 fully saturated rings. The first-order chi connectivity index (χ1) is 28.1. The van der Waals surface area contributed by atoms with E-state index in [4.69, 9.17) is 40.0 Å². The lowest BCUT2D eigenvalue weighted by molar-refractivity contribution is -0.123. The van der Waals surface area contributed by atoms with Gasteiger partial charge in [-0.1, -0.05) is 27.5 Å². The Morgan fingerprint density at radius 1 is 0.862 bits per heavy atom. The molecule has 0 saturated heterocycles. The van der Waals surface area contributed by atoms with Crippen molar-refractivity contribution in [2.45, 2.75) is 0 Å². The summed E-state index contributed by atoms with van der Waals surface area (Å²) in [6, 6.07) is 17.1. The minimum absolute atomic E-state index is 0.00839. The van der Waals surface area contributed by atoms with Gasteiger partial charge in [-0.3, -0.25) is 9.59 Å². The van der Waals surface area contributed by atoms with E-state index in [-0.39, 0.29) is 30.1 Å². The van der Waals surface area contributed by atoms with Gasteiger partial charge in [-0.05, 0) is 98.1 Å². The van der Waals surface area contributed by atoms with E-state index in [9.17, 15) is 14.0 Å². The number of hydrogen-bond acceptors (Lipinski definition) is 11. The molecule has 18 heteroatoms. The fourth-order valence-electron chi connectivity index (χ4n) is 5.62. The standard InChI is InChI=1S/C40H36Br3ClFN5O8/c1-53-35-20-34-28(39(48-22-47-34)49-25-3-4-32(45)31(44)18-25)19-36(35)57-13-12-56-11-10-55-9-8-54-7-6-46-37(51)21-58-38-29(42)15-23(16-30(38)43)14-27-26-17-24(41)2-5-33(26)50-40(27)52/h2-5,14-20,22H,6-13,21H2,1H3,(H,46,51)(H,50,52)(H,47,48,49)/b27-14-. The molecule has 13 nitrogen and oxygen atoms in total. The van der Waals surface area contributed by atoms with Crippen molar-refractivity contribution in [3.8, 4) is 17.2 Å². The molecule has 1 aromatic heterocycles. The number of anilines is 3. The van der Waals surface area contributed by atoms with Gasteiger partial charge < -0.3 is 44.4 Å². The van der Waals surface area contributed by atoms with Gasteiger partial charge in [0.2, 0.25) is 0 Å². The Morgan fingerprint density at radius 2 is 1.59 bits per heavy atom. The number of ether oxygens (including phenoxy) is 6. The van der Waals surface area contributed by atoms with Crippen LogP contribution in [0.1, 0.15) is 11.1 Å². The topological polar surface area (TPSA) is 151 Å². The first kappa shape index (κ1) is 43.2. The lowest BCUT2D eigenvalue weighted by Crippen LogP contribution is -2.32. The minimum Gasteiger partial charge on any atom is -0.493 e. The number of benzene rings is 4. The Morgan fingerprint density at radius 3 is 2.31 bits per heavy atom. The van der Waals surface area contributed by atoms with E-state index in [2.05, 4.69) is 73.7 Å². The number of carbonyl (C=O) groups excluding carboxylic acids is 2. The highest BCUT2D eigenvalue weighted by Gasteiger charge is 2.24. The Balaban J connectivity index is 0.826. The number of nitrogens with zero attached hydrogens (tertiary/aromatic N) is 2. The number of amides is 2. The second-order valence-corrected chi connectivity index (χ2v) is 15.4. The van der Waals surface area contributed by atoms with Crippen LogP contribution >= 0.6 is 59.4 Å². The van der Waals surface area contributed by atoms with Gasteiger partial charge in [0.05, 0.1) is 66.2 Å². The second kappa shape index (κ2) is 21.1. The third kappa shape index (κ3) is 11.6. The lowest BCUT2D eigenvalue weighted by Gasteiger charge is -2.14. The van der Waals surface area contributed by atoms with Crippen LogP contribution in [0.25, 0.3) is 22.6 Å². The van der Waals surface area contributed by atoms with Crippen LogP contribution in [0.15, 0.2) is 80.4 Å². The highest BCUT2D eigenvalue weighted by molar-refractivity contribution is 9.11. The highest BCUT2D eigenvalue weighted by atomic mass is 79.9. The molecule has 1 aliphatic rings. The van der Waals surface area contributed by atoms with Crippen molar-refractivity contribution in [3.63, 3.8) is 0 Å². The molecule has 1 aliphatic heterocycles. The fraction of sp³-hybridized carbons (Fsp3) is 0.250. The lowest BCUT2D eigenvalue weighted by atomic mass is 10.0. The van der Waals surface area contributed by atoms with Crippen molar-refractivity contribution in [1.82, 2.24) is 15.3 Å². The van der Waals surface area contributed by atoms with E-state index in [1.54, 1.807) is 24.3 Å². The summed E-state index contributed by atoms with van der Waals surface area (Å²) in [5.41, 5.74) is 4.06. The number of fused-ring (bicyclic) bond motifs is 2. The van der Waals surface area contributed by atoms with E-state index in [1.165, 1.54) is 25.6 Å².